The lowest BCUT2D eigenvalue weighted by molar-refractivity contribution is -0.119. The largest absolute Gasteiger partial charge is 0.341 e. The first-order valence-corrected chi connectivity index (χ1v) is 10.8. The summed E-state index contributed by atoms with van der Waals surface area (Å²) in [5.41, 5.74) is 1.85. The molecule has 2 heterocycles. The fourth-order valence-corrected chi connectivity index (χ4v) is 4.90. The van der Waals surface area contributed by atoms with E-state index in [0.29, 0.717) is 5.02 Å². The molecule has 2 aromatic heterocycles. The molecular weight excluding hydrogens is 412 g/mol. The molecule has 0 radical (unpaired) electrons. The van der Waals surface area contributed by atoms with Gasteiger partial charge in [-0.15, -0.1) is 11.3 Å². The summed E-state index contributed by atoms with van der Waals surface area (Å²) in [6.45, 7) is 0. The summed E-state index contributed by atoms with van der Waals surface area (Å²) in [5, 5.41) is 3.76. The van der Waals surface area contributed by atoms with Crippen molar-refractivity contribution in [3.63, 3.8) is 0 Å². The number of amides is 1. The molecule has 5 nitrogen and oxygen atoms in total. The van der Waals surface area contributed by atoms with Gasteiger partial charge in [-0.3, -0.25) is 4.79 Å². The van der Waals surface area contributed by atoms with E-state index in [9.17, 15) is 4.79 Å². The highest BCUT2D eigenvalue weighted by Gasteiger charge is 2.20. The normalized spacial score (nSPS) is 12.2. The average Bonchev–Trinajstić information content (AvgIpc) is 3.30. The van der Waals surface area contributed by atoms with E-state index in [-0.39, 0.29) is 17.7 Å². The number of rotatable bonds is 6. The van der Waals surface area contributed by atoms with Gasteiger partial charge >= 0.3 is 0 Å². The minimum Gasteiger partial charge on any atom is -0.341 e. The number of hydrogen-bond donors (Lipinski definition) is 1. The first-order valence-electron chi connectivity index (χ1n) is 8.60. The third-order valence-corrected chi connectivity index (χ3v) is 6.63. The molecule has 2 aromatic carbocycles. The number of carbonyl (C=O) groups is 1. The molecule has 0 spiro atoms. The first kappa shape index (κ1) is 19.0. The van der Waals surface area contributed by atoms with Crippen LogP contribution in [0.4, 0.5) is 0 Å². The van der Waals surface area contributed by atoms with E-state index < -0.39 is 0 Å². The van der Waals surface area contributed by atoms with Crippen LogP contribution in [-0.4, -0.2) is 26.2 Å². The van der Waals surface area contributed by atoms with Crippen molar-refractivity contribution >= 4 is 50.8 Å². The van der Waals surface area contributed by atoms with E-state index in [1.807, 2.05) is 66.3 Å². The second-order valence-electron chi connectivity index (χ2n) is 6.19. The number of aromatic nitrogens is 3. The summed E-state index contributed by atoms with van der Waals surface area (Å²) >= 11 is 9.00. The van der Waals surface area contributed by atoms with Crippen LogP contribution in [0, 0.1) is 0 Å². The number of nitrogens with zero attached hydrogens (tertiary/aromatic N) is 3. The number of halogens is 1. The van der Waals surface area contributed by atoms with Gasteiger partial charge in [0.05, 0.1) is 16.0 Å². The van der Waals surface area contributed by atoms with Crippen molar-refractivity contribution in [2.45, 2.75) is 10.4 Å². The molecule has 0 fully saturated rings. The Morgan fingerprint density at radius 3 is 2.86 bits per heavy atom. The number of thioether (sulfide) groups is 1. The van der Waals surface area contributed by atoms with Gasteiger partial charge in [-0.1, -0.05) is 53.7 Å². The second kappa shape index (κ2) is 8.34. The molecule has 28 heavy (non-hydrogen) atoms. The van der Waals surface area contributed by atoms with Crippen LogP contribution >= 0.6 is 34.7 Å². The predicted octanol–water partition coefficient (Wildman–Crippen LogP) is 4.68. The van der Waals surface area contributed by atoms with Gasteiger partial charge in [0.25, 0.3) is 0 Å². The molecule has 4 aromatic rings. The van der Waals surface area contributed by atoms with Crippen LogP contribution in [0.25, 0.3) is 10.2 Å². The van der Waals surface area contributed by atoms with Crippen LogP contribution in [0.1, 0.15) is 17.4 Å². The molecule has 4 rings (SSSR count). The molecule has 0 bridgehead atoms. The summed E-state index contributed by atoms with van der Waals surface area (Å²) in [7, 11) is 1.92. The van der Waals surface area contributed by atoms with Gasteiger partial charge in [0.15, 0.2) is 4.34 Å². The van der Waals surface area contributed by atoms with Crippen LogP contribution in [-0.2, 0) is 11.8 Å². The molecule has 1 N–H and O–H groups in total. The maximum absolute atomic E-state index is 12.7. The summed E-state index contributed by atoms with van der Waals surface area (Å²) in [4.78, 5) is 21.6. The number of imidazole rings is 1. The highest BCUT2D eigenvalue weighted by Crippen LogP contribution is 2.31. The maximum Gasteiger partial charge on any atom is 0.231 e. The molecule has 1 amide bonds. The van der Waals surface area contributed by atoms with E-state index in [0.717, 1.165) is 25.9 Å². The quantitative estimate of drug-likeness (QED) is 0.453. The fourth-order valence-electron chi connectivity index (χ4n) is 2.87. The van der Waals surface area contributed by atoms with Crippen molar-refractivity contribution in [3.05, 3.63) is 77.3 Å². The Labute approximate surface area is 175 Å². The number of thiazole rings is 1. The van der Waals surface area contributed by atoms with Gasteiger partial charge < -0.3 is 9.88 Å². The molecule has 0 unspecified atom stereocenters. The standard InChI is InChI=1S/C20H17ClN4OS2/c1-25-10-9-22-19(25)18(13-5-3-2-4-6-13)24-17(26)12-27-20-23-15-11-14(21)7-8-16(15)28-20/h2-11,18H,12H2,1H3,(H,24,26)/t18-/m0/s1. The topological polar surface area (TPSA) is 59.8 Å². The summed E-state index contributed by atoms with van der Waals surface area (Å²) in [5.74, 6) is 1.000. The molecule has 0 saturated heterocycles. The van der Waals surface area contributed by atoms with Crippen LogP contribution in [0.15, 0.2) is 65.3 Å². The molecule has 0 aliphatic rings. The highest BCUT2D eigenvalue weighted by molar-refractivity contribution is 8.01. The summed E-state index contributed by atoms with van der Waals surface area (Å²) < 4.78 is 3.82. The average molecular weight is 429 g/mol. The summed E-state index contributed by atoms with van der Waals surface area (Å²) in [6, 6.07) is 15.2. The molecule has 0 saturated carbocycles. The first-order chi connectivity index (χ1) is 13.6. The van der Waals surface area contributed by atoms with Crippen molar-refractivity contribution in [2.75, 3.05) is 5.75 Å². The highest BCUT2D eigenvalue weighted by atomic mass is 35.5. The van der Waals surface area contributed by atoms with E-state index in [2.05, 4.69) is 15.3 Å². The van der Waals surface area contributed by atoms with Crippen molar-refractivity contribution in [3.8, 4) is 0 Å². The predicted molar refractivity (Wildman–Crippen MR) is 115 cm³/mol. The SMILES string of the molecule is Cn1ccnc1[C@@H](NC(=O)CSc1nc2cc(Cl)ccc2s1)c1ccccc1. The molecular formula is C20H17ClN4OS2. The Balaban J connectivity index is 1.47. The number of benzene rings is 2. The zero-order valence-electron chi connectivity index (χ0n) is 15.0. The number of nitrogens with one attached hydrogen (secondary N) is 1. The van der Waals surface area contributed by atoms with Gasteiger partial charge in [0.2, 0.25) is 5.91 Å². The zero-order valence-corrected chi connectivity index (χ0v) is 17.4. The van der Waals surface area contributed by atoms with Crippen LogP contribution in [0.2, 0.25) is 5.02 Å². The minimum absolute atomic E-state index is 0.0702. The number of carbonyl (C=O) groups excluding carboxylic acids is 1. The van der Waals surface area contributed by atoms with E-state index in [1.54, 1.807) is 17.5 Å². The molecule has 142 valence electrons. The Hall–Kier alpha value is -2.35. The number of fused-ring (bicyclic) bond motifs is 1. The lowest BCUT2D eigenvalue weighted by Crippen LogP contribution is -2.32. The maximum atomic E-state index is 12.7. The van der Waals surface area contributed by atoms with E-state index in [1.165, 1.54) is 11.8 Å². The van der Waals surface area contributed by atoms with Gasteiger partial charge in [0.1, 0.15) is 11.9 Å². The Kier molecular flexibility index (Phi) is 5.66. The van der Waals surface area contributed by atoms with Gasteiger partial charge in [-0.2, -0.15) is 0 Å². The molecule has 1 atom stereocenters. The number of aryl methyl sites for hydroxylation is 1. The Bertz CT molecular complexity index is 1110. The third-order valence-electron chi connectivity index (χ3n) is 4.21. The molecule has 0 aliphatic heterocycles. The van der Waals surface area contributed by atoms with Crippen LogP contribution in [0.3, 0.4) is 0 Å². The summed E-state index contributed by atoms with van der Waals surface area (Å²) in [6.07, 6.45) is 3.61. The van der Waals surface area contributed by atoms with Crippen LogP contribution < -0.4 is 5.32 Å². The van der Waals surface area contributed by atoms with Crippen LogP contribution in [0.5, 0.6) is 0 Å². The van der Waals surface area contributed by atoms with Crippen molar-refractivity contribution in [1.29, 1.82) is 0 Å². The monoisotopic (exact) mass is 428 g/mol. The van der Waals surface area contributed by atoms with Crippen molar-refractivity contribution in [1.82, 2.24) is 19.9 Å². The minimum atomic E-state index is -0.302. The number of hydrogen-bond acceptors (Lipinski definition) is 5. The van der Waals surface area contributed by atoms with E-state index in [4.69, 9.17) is 11.6 Å². The Morgan fingerprint density at radius 1 is 1.29 bits per heavy atom. The van der Waals surface area contributed by atoms with Gasteiger partial charge in [0, 0.05) is 24.5 Å². The molecule has 8 heteroatoms. The zero-order chi connectivity index (χ0) is 19.5. The lowest BCUT2D eigenvalue weighted by Gasteiger charge is -2.19. The third kappa shape index (κ3) is 4.22. The second-order valence-corrected chi connectivity index (χ2v) is 8.88. The van der Waals surface area contributed by atoms with E-state index >= 15 is 0 Å². The molecule has 0 aliphatic carbocycles. The fraction of sp³-hybridized carbons (Fsp3) is 0.150. The van der Waals surface area contributed by atoms with Gasteiger partial charge in [-0.05, 0) is 23.8 Å². The lowest BCUT2D eigenvalue weighted by atomic mass is 10.1. The Morgan fingerprint density at radius 2 is 2.11 bits per heavy atom. The van der Waals surface area contributed by atoms with Crippen molar-refractivity contribution in [2.24, 2.45) is 7.05 Å². The smallest absolute Gasteiger partial charge is 0.231 e. The van der Waals surface area contributed by atoms with Gasteiger partial charge in [-0.25, -0.2) is 9.97 Å². The van der Waals surface area contributed by atoms with Crippen molar-refractivity contribution < 1.29 is 4.79 Å².